The van der Waals surface area contributed by atoms with Crippen molar-refractivity contribution in [3.8, 4) is 6.07 Å². The van der Waals surface area contributed by atoms with E-state index in [-0.39, 0.29) is 0 Å². The molecule has 0 spiro atoms. The number of benzene rings is 1. The lowest BCUT2D eigenvalue weighted by Crippen LogP contribution is -1.87. The summed E-state index contributed by atoms with van der Waals surface area (Å²) < 4.78 is 0. The molecule has 1 heterocycles. The van der Waals surface area contributed by atoms with E-state index in [9.17, 15) is 0 Å². The molecule has 16 heavy (non-hydrogen) atoms. The minimum Gasteiger partial charge on any atom is -0.264 e. The van der Waals surface area contributed by atoms with Gasteiger partial charge in [0.2, 0.25) is 0 Å². The van der Waals surface area contributed by atoms with E-state index in [4.69, 9.17) is 5.26 Å². The molecule has 0 aliphatic heterocycles. The highest BCUT2D eigenvalue weighted by atomic mass is 14.6. The number of hydrogen-bond donors (Lipinski definition) is 0. The Labute approximate surface area is 94.5 Å². The van der Waals surface area contributed by atoms with E-state index in [1.165, 1.54) is 0 Å². The molecule has 2 aromatic rings. The number of hydrogen-bond acceptors (Lipinski definition) is 2. The zero-order chi connectivity index (χ0) is 11.4. The predicted molar refractivity (Wildman–Crippen MR) is 63.5 cm³/mol. The summed E-state index contributed by atoms with van der Waals surface area (Å²) >= 11 is 0. The van der Waals surface area contributed by atoms with Crippen LogP contribution in [-0.2, 0) is 0 Å². The summed E-state index contributed by atoms with van der Waals surface area (Å²) in [5.41, 5.74) is 3.57. The van der Waals surface area contributed by atoms with Gasteiger partial charge in [0, 0.05) is 12.4 Å². The maximum absolute atomic E-state index is 8.70. The van der Waals surface area contributed by atoms with Gasteiger partial charge in [-0.3, -0.25) is 4.98 Å². The fourth-order valence-electron chi connectivity index (χ4n) is 1.45. The van der Waals surface area contributed by atoms with E-state index in [1.807, 2.05) is 24.3 Å². The summed E-state index contributed by atoms with van der Waals surface area (Å²) in [7, 11) is 0. The summed E-state index contributed by atoms with van der Waals surface area (Å²) in [5, 5.41) is 8.70. The summed E-state index contributed by atoms with van der Waals surface area (Å²) in [6, 6.07) is 13.3. The first-order valence-electron chi connectivity index (χ1n) is 4.91. The second kappa shape index (κ2) is 4.41. The Hall–Kier alpha value is -2.40. The molecular weight excluding hydrogens is 196 g/mol. The maximum Gasteiger partial charge on any atom is 0.0991 e. The van der Waals surface area contributed by atoms with Crippen LogP contribution < -0.4 is 0 Å². The van der Waals surface area contributed by atoms with Crippen LogP contribution in [0.1, 0.15) is 16.7 Å². The number of nitrogens with zero attached hydrogens (tertiary/aromatic N) is 2. The second-order valence-electron chi connectivity index (χ2n) is 3.41. The van der Waals surface area contributed by atoms with Crippen molar-refractivity contribution in [3.63, 3.8) is 0 Å². The van der Waals surface area contributed by atoms with Crippen molar-refractivity contribution in [2.75, 3.05) is 0 Å². The van der Waals surface area contributed by atoms with Gasteiger partial charge in [-0.15, -0.1) is 0 Å². The SMILES string of the molecule is C=C(c1ccc(C#N)cc1)c1cccnc1. The van der Waals surface area contributed by atoms with Crippen LogP contribution in [0.3, 0.4) is 0 Å². The molecule has 0 aliphatic rings. The number of nitriles is 1. The molecule has 0 saturated heterocycles. The molecule has 1 aromatic carbocycles. The monoisotopic (exact) mass is 206 g/mol. The van der Waals surface area contributed by atoms with Crippen molar-refractivity contribution in [2.45, 2.75) is 0 Å². The van der Waals surface area contributed by atoms with Gasteiger partial charge in [-0.1, -0.05) is 24.8 Å². The van der Waals surface area contributed by atoms with Gasteiger partial charge in [0.15, 0.2) is 0 Å². The van der Waals surface area contributed by atoms with Crippen LogP contribution >= 0.6 is 0 Å². The molecule has 2 heteroatoms. The Bertz CT molecular complexity index is 533. The highest BCUT2D eigenvalue weighted by Gasteiger charge is 2.01. The Morgan fingerprint density at radius 2 is 1.88 bits per heavy atom. The number of aromatic nitrogens is 1. The first-order valence-corrected chi connectivity index (χ1v) is 4.91. The summed E-state index contributed by atoms with van der Waals surface area (Å²) in [6.45, 7) is 4.03. The van der Waals surface area contributed by atoms with Crippen LogP contribution in [0.15, 0.2) is 55.4 Å². The van der Waals surface area contributed by atoms with E-state index >= 15 is 0 Å². The lowest BCUT2D eigenvalue weighted by atomic mass is 10.0. The van der Waals surface area contributed by atoms with E-state index in [0.717, 1.165) is 16.7 Å². The lowest BCUT2D eigenvalue weighted by Gasteiger charge is -2.05. The van der Waals surface area contributed by atoms with E-state index in [2.05, 4.69) is 17.6 Å². The molecule has 76 valence electrons. The molecule has 0 amide bonds. The van der Waals surface area contributed by atoms with Crippen LogP contribution in [0.25, 0.3) is 5.57 Å². The Kier molecular flexibility index (Phi) is 2.79. The lowest BCUT2D eigenvalue weighted by molar-refractivity contribution is 1.31. The zero-order valence-corrected chi connectivity index (χ0v) is 8.72. The van der Waals surface area contributed by atoms with Gasteiger partial charge in [0.1, 0.15) is 0 Å². The molecule has 0 N–H and O–H groups in total. The number of pyridine rings is 1. The second-order valence-corrected chi connectivity index (χ2v) is 3.41. The van der Waals surface area contributed by atoms with Crippen LogP contribution in [-0.4, -0.2) is 4.98 Å². The van der Waals surface area contributed by atoms with Crippen molar-refractivity contribution in [1.82, 2.24) is 4.98 Å². The van der Waals surface area contributed by atoms with Crippen LogP contribution in [0.2, 0.25) is 0 Å². The molecule has 0 radical (unpaired) electrons. The van der Waals surface area contributed by atoms with Gasteiger partial charge in [0.05, 0.1) is 11.6 Å². The normalized spacial score (nSPS) is 9.44. The molecule has 0 atom stereocenters. The van der Waals surface area contributed by atoms with Gasteiger partial charge in [-0.05, 0) is 34.9 Å². The van der Waals surface area contributed by atoms with Gasteiger partial charge in [-0.2, -0.15) is 5.26 Å². The first kappa shape index (κ1) is 10.1. The van der Waals surface area contributed by atoms with Crippen molar-refractivity contribution < 1.29 is 0 Å². The molecule has 2 rings (SSSR count). The van der Waals surface area contributed by atoms with Crippen molar-refractivity contribution in [3.05, 3.63) is 72.1 Å². The van der Waals surface area contributed by atoms with Gasteiger partial charge in [0.25, 0.3) is 0 Å². The molecule has 0 aliphatic carbocycles. The zero-order valence-electron chi connectivity index (χ0n) is 8.72. The molecular formula is C14H10N2. The fourth-order valence-corrected chi connectivity index (χ4v) is 1.45. The molecule has 0 bridgehead atoms. The molecule has 2 nitrogen and oxygen atoms in total. The Balaban J connectivity index is 2.32. The quantitative estimate of drug-likeness (QED) is 0.757. The average molecular weight is 206 g/mol. The van der Waals surface area contributed by atoms with E-state index in [1.54, 1.807) is 24.5 Å². The summed E-state index contributed by atoms with van der Waals surface area (Å²) in [4.78, 5) is 4.05. The summed E-state index contributed by atoms with van der Waals surface area (Å²) in [6.07, 6.45) is 3.51. The smallest absolute Gasteiger partial charge is 0.0991 e. The van der Waals surface area contributed by atoms with Crippen LogP contribution in [0, 0.1) is 11.3 Å². The van der Waals surface area contributed by atoms with Crippen molar-refractivity contribution in [2.24, 2.45) is 0 Å². The van der Waals surface area contributed by atoms with E-state index < -0.39 is 0 Å². The largest absolute Gasteiger partial charge is 0.264 e. The average Bonchev–Trinajstić information content (AvgIpc) is 2.39. The highest BCUT2D eigenvalue weighted by molar-refractivity contribution is 5.77. The molecule has 0 unspecified atom stereocenters. The third-order valence-corrected chi connectivity index (χ3v) is 2.37. The Morgan fingerprint density at radius 1 is 1.12 bits per heavy atom. The van der Waals surface area contributed by atoms with Crippen molar-refractivity contribution in [1.29, 1.82) is 5.26 Å². The van der Waals surface area contributed by atoms with Crippen molar-refractivity contribution >= 4 is 5.57 Å². The minimum absolute atomic E-state index is 0.655. The molecule has 0 fully saturated rings. The topological polar surface area (TPSA) is 36.7 Å². The van der Waals surface area contributed by atoms with E-state index in [0.29, 0.717) is 5.56 Å². The third kappa shape index (κ3) is 1.99. The summed E-state index contributed by atoms with van der Waals surface area (Å²) in [5.74, 6) is 0. The minimum atomic E-state index is 0.655. The molecule has 1 aromatic heterocycles. The molecule has 0 saturated carbocycles. The van der Waals surface area contributed by atoms with Crippen LogP contribution in [0.4, 0.5) is 0 Å². The Morgan fingerprint density at radius 3 is 2.44 bits per heavy atom. The standard InChI is InChI=1S/C14H10N2/c1-11(14-3-2-8-16-10-14)13-6-4-12(9-15)5-7-13/h2-8,10H,1H2. The van der Waals surface area contributed by atoms with Gasteiger partial charge >= 0.3 is 0 Å². The number of rotatable bonds is 2. The maximum atomic E-state index is 8.70. The third-order valence-electron chi connectivity index (χ3n) is 2.37. The van der Waals surface area contributed by atoms with Gasteiger partial charge < -0.3 is 0 Å². The first-order chi connectivity index (χ1) is 7.81. The van der Waals surface area contributed by atoms with Gasteiger partial charge in [-0.25, -0.2) is 0 Å². The predicted octanol–water partition coefficient (Wildman–Crippen LogP) is 3.01. The fraction of sp³-hybridized carbons (Fsp3) is 0. The highest BCUT2D eigenvalue weighted by Crippen LogP contribution is 2.20. The van der Waals surface area contributed by atoms with Crippen LogP contribution in [0.5, 0.6) is 0 Å².